The number of fused-ring (bicyclic) bond motifs is 1. The highest BCUT2D eigenvalue weighted by Gasteiger charge is 2.35. The van der Waals surface area contributed by atoms with Crippen molar-refractivity contribution in [1.82, 2.24) is 0 Å². The zero-order valence-electron chi connectivity index (χ0n) is 26.7. The number of hydrogen-bond acceptors (Lipinski definition) is 4. The van der Waals surface area contributed by atoms with E-state index in [0.29, 0.717) is 12.4 Å². The highest BCUT2D eigenvalue weighted by Crippen LogP contribution is 2.45. The van der Waals surface area contributed by atoms with Gasteiger partial charge in [-0.25, -0.2) is 0 Å². The third-order valence-electron chi connectivity index (χ3n) is 9.15. The average Bonchev–Trinajstić information content (AvgIpc) is 2.92. The molecule has 1 N–H and O–H groups in total. The molecule has 1 aliphatic rings. The van der Waals surface area contributed by atoms with Crippen LogP contribution < -0.4 is 14.2 Å². The molecular formula is C36H56O4. The van der Waals surface area contributed by atoms with Gasteiger partial charge >= 0.3 is 0 Å². The minimum atomic E-state index is -0.167. The summed E-state index contributed by atoms with van der Waals surface area (Å²) >= 11 is 0. The Morgan fingerprint density at radius 3 is 2.02 bits per heavy atom. The van der Waals surface area contributed by atoms with E-state index in [0.717, 1.165) is 76.5 Å². The highest BCUT2D eigenvalue weighted by atomic mass is 16.5. The Morgan fingerprint density at radius 2 is 1.43 bits per heavy atom. The molecule has 0 aliphatic carbocycles. The monoisotopic (exact) mass is 552 g/mol. The third-order valence-corrected chi connectivity index (χ3v) is 9.15. The fourth-order valence-electron chi connectivity index (χ4n) is 6.13. The molecular weight excluding hydrogens is 496 g/mol. The first-order valence-corrected chi connectivity index (χ1v) is 15.8. The number of rotatable bonds is 16. The summed E-state index contributed by atoms with van der Waals surface area (Å²) in [7, 11) is 1.65. The lowest BCUT2D eigenvalue weighted by Crippen LogP contribution is -2.37. The van der Waals surface area contributed by atoms with Crippen LogP contribution in [-0.2, 0) is 13.0 Å². The van der Waals surface area contributed by atoms with E-state index >= 15 is 0 Å². The van der Waals surface area contributed by atoms with Gasteiger partial charge in [0.2, 0.25) is 0 Å². The average molecular weight is 553 g/mol. The molecule has 0 saturated carbocycles. The van der Waals surface area contributed by atoms with Crippen molar-refractivity contribution in [2.24, 2.45) is 17.8 Å². The Hall–Kier alpha value is -2.36. The van der Waals surface area contributed by atoms with Crippen LogP contribution in [0.3, 0.4) is 0 Å². The predicted molar refractivity (Wildman–Crippen MR) is 167 cm³/mol. The Kier molecular flexibility index (Phi) is 12.1. The highest BCUT2D eigenvalue weighted by molar-refractivity contribution is 5.59. The molecule has 0 radical (unpaired) electrons. The van der Waals surface area contributed by atoms with Gasteiger partial charge in [-0.2, -0.15) is 0 Å². The topological polar surface area (TPSA) is 47.9 Å². The van der Waals surface area contributed by atoms with Crippen LogP contribution in [-0.4, -0.2) is 17.8 Å². The number of methoxy groups -OCH3 is 1. The minimum Gasteiger partial charge on any atom is -0.507 e. The second-order valence-electron chi connectivity index (χ2n) is 13.3. The van der Waals surface area contributed by atoms with Crippen molar-refractivity contribution >= 4 is 0 Å². The van der Waals surface area contributed by atoms with Crippen LogP contribution in [0.15, 0.2) is 24.3 Å². The zero-order valence-corrected chi connectivity index (χ0v) is 26.7. The summed E-state index contributed by atoms with van der Waals surface area (Å²) in [5, 5.41) is 11.0. The van der Waals surface area contributed by atoms with E-state index in [9.17, 15) is 5.11 Å². The van der Waals surface area contributed by atoms with E-state index in [2.05, 4.69) is 41.5 Å². The van der Waals surface area contributed by atoms with Crippen LogP contribution in [0.5, 0.6) is 23.0 Å². The molecule has 224 valence electrons. The van der Waals surface area contributed by atoms with Crippen molar-refractivity contribution in [3.05, 3.63) is 46.5 Å². The molecule has 2 aromatic carbocycles. The van der Waals surface area contributed by atoms with Gasteiger partial charge in [0.15, 0.2) is 0 Å². The van der Waals surface area contributed by atoms with Crippen LogP contribution in [0.25, 0.3) is 0 Å². The summed E-state index contributed by atoms with van der Waals surface area (Å²) in [5.41, 5.74) is 3.70. The van der Waals surface area contributed by atoms with Gasteiger partial charge in [-0.05, 0) is 99.6 Å². The second kappa shape index (κ2) is 15.0. The lowest BCUT2D eigenvalue weighted by Gasteiger charge is -2.38. The van der Waals surface area contributed by atoms with Gasteiger partial charge in [-0.3, -0.25) is 0 Å². The van der Waals surface area contributed by atoms with E-state index in [4.69, 9.17) is 14.2 Å². The van der Waals surface area contributed by atoms with Crippen LogP contribution in [0.4, 0.5) is 0 Å². The summed E-state index contributed by atoms with van der Waals surface area (Å²) in [5.74, 6) is 5.29. The Bertz CT molecular complexity index is 1060. The Labute approximate surface area is 244 Å². The van der Waals surface area contributed by atoms with Crippen molar-refractivity contribution in [3.63, 3.8) is 0 Å². The molecule has 3 rings (SSSR count). The standard InChI is InChI=1S/C36H56O4/c1-25(2)12-9-13-26(3)14-10-15-27(4)16-11-22-36(7)23-21-32-33(34(37)28(5)29(6)35(32)40-36)24-39-31-19-17-30(38-8)18-20-31/h17-20,25-27,37H,9-16,21-24H2,1-8H3. The molecule has 1 aliphatic heterocycles. The van der Waals surface area contributed by atoms with Crippen LogP contribution >= 0.6 is 0 Å². The lowest BCUT2D eigenvalue weighted by molar-refractivity contribution is 0.0507. The number of ether oxygens (including phenoxy) is 3. The van der Waals surface area contributed by atoms with E-state index < -0.39 is 0 Å². The SMILES string of the molecule is COc1ccc(OCc2c(O)c(C)c(C)c3c2CCC(C)(CCCC(C)CCCC(C)CCCC(C)C)O3)cc1. The first-order chi connectivity index (χ1) is 19.0. The van der Waals surface area contributed by atoms with Gasteiger partial charge in [-0.15, -0.1) is 0 Å². The van der Waals surface area contributed by atoms with Crippen molar-refractivity contribution < 1.29 is 19.3 Å². The number of benzene rings is 2. The van der Waals surface area contributed by atoms with Gasteiger partial charge in [0, 0.05) is 11.1 Å². The summed E-state index contributed by atoms with van der Waals surface area (Å²) < 4.78 is 18.1. The molecule has 0 aromatic heterocycles. The molecule has 4 heteroatoms. The van der Waals surface area contributed by atoms with Gasteiger partial charge in [0.05, 0.1) is 7.11 Å². The summed E-state index contributed by atoms with van der Waals surface area (Å²) in [6, 6.07) is 7.56. The number of phenols is 1. The van der Waals surface area contributed by atoms with Crippen molar-refractivity contribution in [2.75, 3.05) is 7.11 Å². The number of hydrogen-bond donors (Lipinski definition) is 1. The first kappa shape index (κ1) is 32.2. The van der Waals surface area contributed by atoms with E-state index in [1.54, 1.807) is 7.11 Å². The summed E-state index contributed by atoms with van der Waals surface area (Å²) in [4.78, 5) is 0. The fourth-order valence-corrected chi connectivity index (χ4v) is 6.13. The van der Waals surface area contributed by atoms with E-state index in [1.807, 2.05) is 31.2 Å². The minimum absolute atomic E-state index is 0.167. The Morgan fingerprint density at radius 1 is 0.850 bits per heavy atom. The fraction of sp³-hybridized carbons (Fsp3) is 0.667. The van der Waals surface area contributed by atoms with Crippen molar-refractivity contribution in [3.8, 4) is 23.0 Å². The summed E-state index contributed by atoms with van der Waals surface area (Å²) in [6.45, 7) is 16.1. The normalized spacial score (nSPS) is 18.2. The molecule has 1 heterocycles. The number of phenolic OH excluding ortho intramolecular Hbond substituents is 1. The largest absolute Gasteiger partial charge is 0.507 e. The summed E-state index contributed by atoms with van der Waals surface area (Å²) in [6.07, 6.45) is 13.6. The van der Waals surface area contributed by atoms with Gasteiger partial charge in [0.1, 0.15) is 35.2 Å². The second-order valence-corrected chi connectivity index (χ2v) is 13.3. The number of aromatic hydroxyl groups is 1. The first-order valence-electron chi connectivity index (χ1n) is 15.8. The maximum absolute atomic E-state index is 11.0. The molecule has 4 nitrogen and oxygen atoms in total. The molecule has 3 unspecified atom stereocenters. The molecule has 0 amide bonds. The van der Waals surface area contributed by atoms with Gasteiger partial charge in [-0.1, -0.05) is 72.6 Å². The van der Waals surface area contributed by atoms with E-state index in [-0.39, 0.29) is 5.60 Å². The molecule has 2 aromatic rings. The quantitative estimate of drug-likeness (QED) is 0.225. The smallest absolute Gasteiger partial charge is 0.127 e. The lowest BCUT2D eigenvalue weighted by atomic mass is 9.83. The van der Waals surface area contributed by atoms with Gasteiger partial charge in [0.25, 0.3) is 0 Å². The molecule has 0 fully saturated rings. The van der Waals surface area contributed by atoms with Crippen LogP contribution in [0.1, 0.15) is 121 Å². The van der Waals surface area contributed by atoms with E-state index in [1.165, 1.54) is 51.4 Å². The van der Waals surface area contributed by atoms with Crippen LogP contribution in [0.2, 0.25) is 0 Å². The molecule has 0 spiro atoms. The third kappa shape index (κ3) is 9.08. The van der Waals surface area contributed by atoms with Gasteiger partial charge < -0.3 is 19.3 Å². The molecule has 40 heavy (non-hydrogen) atoms. The molecule has 0 saturated heterocycles. The van der Waals surface area contributed by atoms with Crippen molar-refractivity contribution in [2.45, 2.75) is 131 Å². The van der Waals surface area contributed by atoms with Crippen LogP contribution in [0, 0.1) is 31.6 Å². The molecule has 0 bridgehead atoms. The maximum atomic E-state index is 11.0. The molecule has 3 atom stereocenters. The predicted octanol–water partition coefficient (Wildman–Crippen LogP) is 10.1. The zero-order chi connectivity index (χ0) is 29.3. The maximum Gasteiger partial charge on any atom is 0.127 e. The van der Waals surface area contributed by atoms with Crippen molar-refractivity contribution in [1.29, 1.82) is 0 Å². The Balaban J connectivity index is 1.52.